The topological polar surface area (TPSA) is 88.1 Å². The van der Waals surface area contributed by atoms with Gasteiger partial charge in [0.25, 0.3) is 0 Å². The molecule has 0 aromatic heterocycles. The third-order valence-corrected chi connectivity index (χ3v) is 4.56. The third-order valence-electron chi connectivity index (χ3n) is 4.22. The summed E-state index contributed by atoms with van der Waals surface area (Å²) in [7, 11) is 0. The van der Waals surface area contributed by atoms with Crippen LogP contribution < -0.4 is 11.1 Å². The zero-order valence-corrected chi connectivity index (χ0v) is 12.4. The molecular weight excluding hydrogens is 274 g/mol. The van der Waals surface area contributed by atoms with E-state index in [4.69, 9.17) is 22.7 Å². The fourth-order valence-corrected chi connectivity index (χ4v) is 3.81. The van der Waals surface area contributed by atoms with E-state index in [9.17, 15) is 10.1 Å². The summed E-state index contributed by atoms with van der Waals surface area (Å²) < 4.78 is 5.17. The number of thiocarbonyl (C=S) groups is 1. The second-order valence-corrected chi connectivity index (χ2v) is 5.73. The molecule has 1 aliphatic heterocycles. The molecule has 1 spiro atoms. The first-order valence-electron chi connectivity index (χ1n) is 6.94. The average molecular weight is 293 g/mol. The monoisotopic (exact) mass is 293 g/mol. The molecule has 0 saturated heterocycles. The maximum atomic E-state index is 12.3. The molecule has 1 atom stereocenters. The Bertz CT molecular complexity index is 501. The molecule has 0 amide bonds. The summed E-state index contributed by atoms with van der Waals surface area (Å²) in [4.78, 5) is 12.7. The number of nitrogens with zero attached hydrogens (tertiary/aromatic N) is 1. The van der Waals surface area contributed by atoms with E-state index in [-0.39, 0.29) is 5.97 Å². The molecular formula is C14H19N3O2S. The van der Waals surface area contributed by atoms with E-state index in [0.717, 1.165) is 32.1 Å². The summed E-state index contributed by atoms with van der Waals surface area (Å²) in [6.07, 6.45) is 4.55. The van der Waals surface area contributed by atoms with Gasteiger partial charge in [-0.3, -0.25) is 4.79 Å². The SMILES string of the molecule is CCOC(=O)[C@H]1C(=S)NC(N)=C(C#N)C12CCCCC2. The van der Waals surface area contributed by atoms with Crippen molar-refractivity contribution in [3.63, 3.8) is 0 Å². The Hall–Kier alpha value is -1.61. The number of allylic oxidation sites excluding steroid dienone is 1. The minimum atomic E-state index is -0.598. The van der Waals surface area contributed by atoms with E-state index in [1.807, 2.05) is 0 Å². The van der Waals surface area contributed by atoms with Crippen LogP contribution in [0.25, 0.3) is 0 Å². The number of hydrogen-bond acceptors (Lipinski definition) is 5. The van der Waals surface area contributed by atoms with E-state index < -0.39 is 11.3 Å². The Morgan fingerprint density at radius 3 is 2.75 bits per heavy atom. The summed E-state index contributed by atoms with van der Waals surface area (Å²) in [5, 5.41) is 12.3. The van der Waals surface area contributed by atoms with Crippen molar-refractivity contribution in [1.82, 2.24) is 5.32 Å². The Balaban J connectivity index is 2.50. The second kappa shape index (κ2) is 5.80. The van der Waals surface area contributed by atoms with Gasteiger partial charge in [0, 0.05) is 5.41 Å². The molecule has 2 rings (SSSR count). The largest absolute Gasteiger partial charge is 0.465 e. The van der Waals surface area contributed by atoms with Crippen LogP contribution in [0.1, 0.15) is 39.0 Å². The molecule has 1 aliphatic carbocycles. The molecule has 1 fully saturated rings. The minimum Gasteiger partial charge on any atom is -0.465 e. The predicted molar refractivity (Wildman–Crippen MR) is 78.2 cm³/mol. The Labute approximate surface area is 124 Å². The van der Waals surface area contributed by atoms with Gasteiger partial charge < -0.3 is 15.8 Å². The Kier molecular flexibility index (Phi) is 4.29. The van der Waals surface area contributed by atoms with Crippen LogP contribution in [-0.2, 0) is 9.53 Å². The Morgan fingerprint density at radius 2 is 2.20 bits per heavy atom. The van der Waals surface area contributed by atoms with Crippen molar-refractivity contribution in [1.29, 1.82) is 5.26 Å². The van der Waals surface area contributed by atoms with E-state index >= 15 is 0 Å². The summed E-state index contributed by atoms with van der Waals surface area (Å²) in [5.74, 6) is -0.660. The highest BCUT2D eigenvalue weighted by Gasteiger charge is 2.53. The van der Waals surface area contributed by atoms with E-state index in [1.165, 1.54) is 0 Å². The van der Waals surface area contributed by atoms with Crippen LogP contribution >= 0.6 is 12.2 Å². The smallest absolute Gasteiger partial charge is 0.316 e. The van der Waals surface area contributed by atoms with Crippen LogP contribution in [0.4, 0.5) is 0 Å². The molecule has 2 aliphatic rings. The fourth-order valence-electron chi connectivity index (χ4n) is 3.38. The van der Waals surface area contributed by atoms with Crippen molar-refractivity contribution in [2.45, 2.75) is 39.0 Å². The van der Waals surface area contributed by atoms with Crippen LogP contribution in [0.2, 0.25) is 0 Å². The molecule has 5 nitrogen and oxygen atoms in total. The van der Waals surface area contributed by atoms with E-state index in [1.54, 1.807) is 6.92 Å². The zero-order chi connectivity index (χ0) is 14.8. The number of nitrogens with two attached hydrogens (primary N) is 1. The Morgan fingerprint density at radius 1 is 1.55 bits per heavy atom. The van der Waals surface area contributed by atoms with Crippen LogP contribution in [0.15, 0.2) is 11.4 Å². The van der Waals surface area contributed by atoms with Gasteiger partial charge in [-0.2, -0.15) is 5.26 Å². The summed E-state index contributed by atoms with van der Waals surface area (Å²) in [6.45, 7) is 2.06. The minimum absolute atomic E-state index is 0.292. The fraction of sp³-hybridized carbons (Fsp3) is 0.643. The van der Waals surface area contributed by atoms with Crippen molar-refractivity contribution in [3.05, 3.63) is 11.4 Å². The maximum absolute atomic E-state index is 12.3. The molecule has 0 aromatic carbocycles. The lowest BCUT2D eigenvalue weighted by atomic mass is 9.60. The molecule has 20 heavy (non-hydrogen) atoms. The van der Waals surface area contributed by atoms with Gasteiger partial charge in [0.15, 0.2) is 0 Å². The normalized spacial score (nSPS) is 25.0. The van der Waals surface area contributed by atoms with Crippen LogP contribution in [0, 0.1) is 22.7 Å². The quantitative estimate of drug-likeness (QED) is 0.595. The van der Waals surface area contributed by atoms with Gasteiger partial charge in [0.2, 0.25) is 0 Å². The van der Waals surface area contributed by atoms with Gasteiger partial charge in [-0.25, -0.2) is 0 Å². The zero-order valence-electron chi connectivity index (χ0n) is 11.6. The lowest BCUT2D eigenvalue weighted by Gasteiger charge is -2.45. The first-order valence-corrected chi connectivity index (χ1v) is 7.35. The molecule has 3 N–H and O–H groups in total. The van der Waals surface area contributed by atoms with Crippen LogP contribution in [0.5, 0.6) is 0 Å². The third kappa shape index (κ3) is 2.27. The molecule has 0 unspecified atom stereocenters. The number of nitriles is 1. The van der Waals surface area contributed by atoms with Gasteiger partial charge in [0.05, 0.1) is 23.2 Å². The van der Waals surface area contributed by atoms with Crippen molar-refractivity contribution in [3.8, 4) is 6.07 Å². The van der Waals surface area contributed by atoms with Gasteiger partial charge >= 0.3 is 5.97 Å². The molecule has 108 valence electrons. The van der Waals surface area contributed by atoms with Gasteiger partial charge in [-0.05, 0) is 19.8 Å². The molecule has 1 saturated carbocycles. The average Bonchev–Trinajstić information content (AvgIpc) is 2.39. The molecule has 0 bridgehead atoms. The van der Waals surface area contributed by atoms with E-state index in [2.05, 4.69) is 11.4 Å². The second-order valence-electron chi connectivity index (χ2n) is 5.29. The first-order chi connectivity index (χ1) is 9.56. The van der Waals surface area contributed by atoms with Crippen molar-refractivity contribution in [2.24, 2.45) is 17.1 Å². The first kappa shape index (κ1) is 14.8. The van der Waals surface area contributed by atoms with Crippen molar-refractivity contribution < 1.29 is 9.53 Å². The standard InChI is InChI=1S/C14H19N3O2S/c1-2-19-13(18)10-12(20)17-11(16)9(8-15)14(10)6-4-3-5-7-14/h10H,2-7,16H2,1H3,(H,17,20)/t10-/m1/s1. The van der Waals surface area contributed by atoms with Crippen molar-refractivity contribution >= 4 is 23.2 Å². The number of rotatable bonds is 2. The lowest BCUT2D eigenvalue weighted by Crippen LogP contribution is -2.53. The van der Waals surface area contributed by atoms with Gasteiger partial charge in [-0.1, -0.05) is 31.5 Å². The highest BCUT2D eigenvalue weighted by Crippen LogP contribution is 2.50. The number of carbonyl (C=O) groups excluding carboxylic acids is 1. The highest BCUT2D eigenvalue weighted by molar-refractivity contribution is 7.80. The summed E-state index contributed by atoms with van der Waals surface area (Å²) >= 11 is 5.31. The number of hydrogen-bond donors (Lipinski definition) is 2. The maximum Gasteiger partial charge on any atom is 0.316 e. The number of esters is 1. The molecule has 6 heteroatoms. The summed E-state index contributed by atoms with van der Waals surface area (Å²) in [5.41, 5.74) is 5.81. The lowest BCUT2D eigenvalue weighted by molar-refractivity contribution is -0.149. The molecule has 1 heterocycles. The number of nitrogens with one attached hydrogen (secondary N) is 1. The predicted octanol–water partition coefficient (Wildman–Crippen LogP) is 1.74. The highest BCUT2D eigenvalue weighted by atomic mass is 32.1. The van der Waals surface area contributed by atoms with E-state index in [0.29, 0.717) is 23.0 Å². The van der Waals surface area contributed by atoms with Crippen LogP contribution in [-0.4, -0.2) is 17.6 Å². The van der Waals surface area contributed by atoms with Gasteiger partial charge in [-0.15, -0.1) is 0 Å². The van der Waals surface area contributed by atoms with Gasteiger partial charge in [0.1, 0.15) is 11.7 Å². The number of ether oxygens (including phenoxy) is 1. The molecule has 0 radical (unpaired) electrons. The van der Waals surface area contributed by atoms with Crippen molar-refractivity contribution in [2.75, 3.05) is 6.61 Å². The summed E-state index contributed by atoms with van der Waals surface area (Å²) in [6, 6.07) is 2.19. The van der Waals surface area contributed by atoms with Crippen LogP contribution in [0.3, 0.4) is 0 Å². The number of carbonyl (C=O) groups is 1. The molecule has 0 aromatic rings.